The molecular weight excluding hydrogens is 210 g/mol. The molecule has 1 aliphatic rings. The fourth-order valence-electron chi connectivity index (χ4n) is 1.60. The van der Waals surface area contributed by atoms with Crippen LogP contribution in [0, 0.1) is 19.3 Å². The molecule has 17 heavy (non-hydrogen) atoms. The third kappa shape index (κ3) is 2.76. The minimum atomic E-state index is 0.846. The van der Waals surface area contributed by atoms with E-state index in [4.69, 9.17) is 11.2 Å². The van der Waals surface area contributed by atoms with E-state index in [0.717, 1.165) is 35.4 Å². The highest BCUT2D eigenvalue weighted by atomic mass is 16.5. The molecule has 0 N–H and O–H groups in total. The minimum absolute atomic E-state index is 0.846. The molecule has 0 bridgehead atoms. The summed E-state index contributed by atoms with van der Waals surface area (Å²) in [6.45, 7) is 2.01. The van der Waals surface area contributed by atoms with Crippen LogP contribution in [0.25, 0.3) is 0 Å². The number of nitrogens with zero attached hydrogens (tertiary/aromatic N) is 1. The predicted molar refractivity (Wildman–Crippen MR) is 71.0 cm³/mol. The first kappa shape index (κ1) is 11.5. The molecule has 1 fully saturated rings. The van der Waals surface area contributed by atoms with E-state index in [1.54, 1.807) is 13.3 Å². The number of allylic oxidation sites excluding steroid dienone is 2. The van der Waals surface area contributed by atoms with Crippen molar-refractivity contribution < 1.29 is 4.74 Å². The molecule has 2 heteroatoms. The van der Waals surface area contributed by atoms with Crippen LogP contribution >= 0.6 is 0 Å². The molecule has 0 saturated heterocycles. The molecule has 0 radical (unpaired) electrons. The Balaban J connectivity index is 2.22. The summed E-state index contributed by atoms with van der Waals surface area (Å²) in [7, 11) is 1.66. The lowest BCUT2D eigenvalue weighted by molar-refractivity contribution is 0.414. The van der Waals surface area contributed by atoms with E-state index in [-0.39, 0.29) is 0 Å². The standard InChI is InChI=1S/C15H15NO/c1-4-12(13-5-6-13)10-16-15-8-7-14(17-3)9-11(15)2/h1,7-10H,5-6H2,2-3H3/b16-10-. The van der Waals surface area contributed by atoms with Gasteiger partial charge in [-0.05, 0) is 43.5 Å². The SMILES string of the molecule is C#CC(/C=N\c1ccc(OC)cc1C)=C1CC1. The topological polar surface area (TPSA) is 21.6 Å². The number of ether oxygens (including phenoxy) is 1. The van der Waals surface area contributed by atoms with E-state index >= 15 is 0 Å². The third-order valence-corrected chi connectivity index (χ3v) is 2.77. The van der Waals surface area contributed by atoms with E-state index in [1.807, 2.05) is 25.1 Å². The van der Waals surface area contributed by atoms with E-state index in [1.165, 1.54) is 5.57 Å². The van der Waals surface area contributed by atoms with Gasteiger partial charge in [0.1, 0.15) is 5.75 Å². The maximum Gasteiger partial charge on any atom is 0.119 e. The van der Waals surface area contributed by atoms with Crippen LogP contribution in [0.5, 0.6) is 5.75 Å². The highest BCUT2D eigenvalue weighted by Gasteiger charge is 2.14. The van der Waals surface area contributed by atoms with Gasteiger partial charge in [-0.1, -0.05) is 11.5 Å². The highest BCUT2D eigenvalue weighted by molar-refractivity contribution is 5.88. The summed E-state index contributed by atoms with van der Waals surface area (Å²) in [6.07, 6.45) is 9.47. The molecule has 2 rings (SSSR count). The Hall–Kier alpha value is -2.01. The molecule has 86 valence electrons. The van der Waals surface area contributed by atoms with E-state index < -0.39 is 0 Å². The molecule has 0 amide bonds. The smallest absolute Gasteiger partial charge is 0.119 e. The van der Waals surface area contributed by atoms with Crippen molar-refractivity contribution in [2.75, 3.05) is 7.11 Å². The summed E-state index contributed by atoms with van der Waals surface area (Å²) in [4.78, 5) is 4.43. The van der Waals surface area contributed by atoms with Gasteiger partial charge in [-0.15, -0.1) is 6.42 Å². The number of hydrogen-bond acceptors (Lipinski definition) is 2. The van der Waals surface area contributed by atoms with Gasteiger partial charge in [0, 0.05) is 11.8 Å². The number of methoxy groups -OCH3 is 1. The number of rotatable bonds is 3. The van der Waals surface area contributed by atoms with E-state index in [0.29, 0.717) is 0 Å². The number of aliphatic imine (C=N–C) groups is 1. The third-order valence-electron chi connectivity index (χ3n) is 2.77. The molecule has 2 nitrogen and oxygen atoms in total. The molecule has 0 heterocycles. The number of aryl methyl sites for hydroxylation is 1. The Morgan fingerprint density at radius 1 is 1.47 bits per heavy atom. The Morgan fingerprint density at radius 3 is 2.76 bits per heavy atom. The van der Waals surface area contributed by atoms with Gasteiger partial charge in [-0.3, -0.25) is 4.99 Å². The first-order chi connectivity index (χ1) is 8.24. The second-order valence-corrected chi connectivity index (χ2v) is 4.07. The summed E-state index contributed by atoms with van der Waals surface area (Å²) >= 11 is 0. The van der Waals surface area contributed by atoms with Crippen LogP contribution in [0.3, 0.4) is 0 Å². The molecule has 1 aromatic rings. The number of hydrogen-bond donors (Lipinski definition) is 0. The average molecular weight is 225 g/mol. The first-order valence-corrected chi connectivity index (χ1v) is 5.62. The lowest BCUT2D eigenvalue weighted by Gasteiger charge is -2.03. The molecule has 1 aliphatic carbocycles. The molecule has 0 aromatic heterocycles. The predicted octanol–water partition coefficient (Wildman–Crippen LogP) is 3.43. The van der Waals surface area contributed by atoms with Gasteiger partial charge in [-0.2, -0.15) is 0 Å². The van der Waals surface area contributed by atoms with Crippen LogP contribution in [0.2, 0.25) is 0 Å². The Bertz CT molecular complexity index is 526. The van der Waals surface area contributed by atoms with Gasteiger partial charge in [0.25, 0.3) is 0 Å². The van der Waals surface area contributed by atoms with Gasteiger partial charge < -0.3 is 4.74 Å². The van der Waals surface area contributed by atoms with Gasteiger partial charge in [0.15, 0.2) is 0 Å². The van der Waals surface area contributed by atoms with Crippen molar-refractivity contribution >= 4 is 11.9 Å². The van der Waals surface area contributed by atoms with Crippen LogP contribution in [-0.2, 0) is 0 Å². The van der Waals surface area contributed by atoms with Crippen LogP contribution in [0.4, 0.5) is 5.69 Å². The first-order valence-electron chi connectivity index (χ1n) is 5.62. The van der Waals surface area contributed by atoms with Gasteiger partial charge >= 0.3 is 0 Å². The van der Waals surface area contributed by atoms with E-state index in [2.05, 4.69) is 10.9 Å². The maximum absolute atomic E-state index is 5.44. The molecule has 0 atom stereocenters. The quantitative estimate of drug-likeness (QED) is 0.570. The van der Waals surface area contributed by atoms with Crippen molar-refractivity contribution in [1.82, 2.24) is 0 Å². The van der Waals surface area contributed by atoms with Crippen molar-refractivity contribution in [3.63, 3.8) is 0 Å². The summed E-state index contributed by atoms with van der Waals surface area (Å²) < 4.78 is 5.15. The molecule has 0 spiro atoms. The zero-order chi connectivity index (χ0) is 12.3. The van der Waals surface area contributed by atoms with Crippen LogP contribution in [-0.4, -0.2) is 13.3 Å². The Morgan fingerprint density at radius 2 is 2.24 bits per heavy atom. The van der Waals surface area contributed by atoms with Crippen LogP contribution in [0.15, 0.2) is 34.3 Å². The molecule has 1 aromatic carbocycles. The summed E-state index contributed by atoms with van der Waals surface area (Å²) in [5.74, 6) is 3.53. The Kier molecular flexibility index (Phi) is 3.30. The van der Waals surface area contributed by atoms with Crippen LogP contribution in [0.1, 0.15) is 18.4 Å². The molecular formula is C15H15NO. The second kappa shape index (κ2) is 4.88. The summed E-state index contributed by atoms with van der Waals surface area (Å²) in [6, 6.07) is 5.81. The number of terminal acetylenes is 1. The maximum atomic E-state index is 5.44. The minimum Gasteiger partial charge on any atom is -0.497 e. The van der Waals surface area contributed by atoms with Crippen molar-refractivity contribution in [3.05, 3.63) is 34.9 Å². The fraction of sp³-hybridized carbons (Fsp3) is 0.267. The van der Waals surface area contributed by atoms with E-state index in [9.17, 15) is 0 Å². The lowest BCUT2D eigenvalue weighted by Crippen LogP contribution is -1.85. The molecule has 0 aliphatic heterocycles. The highest BCUT2D eigenvalue weighted by Crippen LogP contribution is 2.31. The summed E-state index contributed by atoms with van der Waals surface area (Å²) in [5.41, 5.74) is 4.28. The molecule has 0 unspecified atom stereocenters. The van der Waals surface area contributed by atoms with Gasteiger partial charge in [0.05, 0.1) is 12.8 Å². The zero-order valence-electron chi connectivity index (χ0n) is 10.2. The van der Waals surface area contributed by atoms with Crippen molar-refractivity contribution in [1.29, 1.82) is 0 Å². The fourth-order valence-corrected chi connectivity index (χ4v) is 1.60. The van der Waals surface area contributed by atoms with Crippen molar-refractivity contribution in [3.8, 4) is 18.1 Å². The van der Waals surface area contributed by atoms with Crippen molar-refractivity contribution in [2.24, 2.45) is 4.99 Å². The van der Waals surface area contributed by atoms with Gasteiger partial charge in [-0.25, -0.2) is 0 Å². The zero-order valence-corrected chi connectivity index (χ0v) is 10.2. The largest absolute Gasteiger partial charge is 0.497 e. The number of benzene rings is 1. The van der Waals surface area contributed by atoms with Gasteiger partial charge in [0.2, 0.25) is 0 Å². The normalized spacial score (nSPS) is 13.6. The van der Waals surface area contributed by atoms with Crippen LogP contribution < -0.4 is 4.74 Å². The monoisotopic (exact) mass is 225 g/mol. The van der Waals surface area contributed by atoms with Crippen molar-refractivity contribution in [2.45, 2.75) is 19.8 Å². The second-order valence-electron chi connectivity index (χ2n) is 4.07. The molecule has 1 saturated carbocycles. The Labute approximate surface area is 102 Å². The lowest BCUT2D eigenvalue weighted by atomic mass is 10.2. The summed E-state index contributed by atoms with van der Waals surface area (Å²) in [5, 5.41) is 0. The average Bonchev–Trinajstić information content (AvgIpc) is 3.16.